The van der Waals surface area contributed by atoms with Crippen molar-refractivity contribution >= 4 is 23.7 Å². The SMILES string of the molecule is CC(C)CCNC(=O)NC(=O)CSc1ccccc1O. The molecule has 1 aromatic rings. The largest absolute Gasteiger partial charge is 0.507 e. The fraction of sp³-hybridized carbons (Fsp3) is 0.429. The van der Waals surface area contributed by atoms with Crippen LogP contribution in [0.1, 0.15) is 20.3 Å². The maximum absolute atomic E-state index is 11.6. The molecule has 0 saturated heterocycles. The summed E-state index contributed by atoms with van der Waals surface area (Å²) in [6, 6.07) is 6.28. The molecule has 20 heavy (non-hydrogen) atoms. The maximum atomic E-state index is 11.6. The quantitative estimate of drug-likeness (QED) is 0.704. The Balaban J connectivity index is 2.26. The molecule has 0 heterocycles. The molecule has 0 aliphatic heterocycles. The highest BCUT2D eigenvalue weighted by Crippen LogP contribution is 2.27. The first-order chi connectivity index (χ1) is 9.49. The third-order valence-electron chi connectivity index (χ3n) is 2.48. The molecule has 0 spiro atoms. The molecule has 0 aromatic heterocycles. The lowest BCUT2D eigenvalue weighted by Crippen LogP contribution is -2.40. The van der Waals surface area contributed by atoms with Crippen LogP contribution in [0, 0.1) is 5.92 Å². The fourth-order valence-corrected chi connectivity index (χ4v) is 2.15. The van der Waals surface area contributed by atoms with E-state index < -0.39 is 6.03 Å². The first kappa shape index (κ1) is 16.4. The highest BCUT2D eigenvalue weighted by molar-refractivity contribution is 8.00. The van der Waals surface area contributed by atoms with Crippen LogP contribution < -0.4 is 10.6 Å². The third-order valence-corrected chi connectivity index (χ3v) is 3.55. The van der Waals surface area contributed by atoms with Crippen LogP contribution in [0.4, 0.5) is 4.79 Å². The second kappa shape index (κ2) is 8.47. The van der Waals surface area contributed by atoms with Gasteiger partial charge in [-0.2, -0.15) is 0 Å². The molecule has 0 radical (unpaired) electrons. The Hall–Kier alpha value is -1.69. The molecule has 3 N–H and O–H groups in total. The van der Waals surface area contributed by atoms with E-state index in [1.165, 1.54) is 11.8 Å². The summed E-state index contributed by atoms with van der Waals surface area (Å²) in [6.45, 7) is 4.67. The Morgan fingerprint density at radius 2 is 2.00 bits per heavy atom. The Morgan fingerprint density at radius 3 is 2.65 bits per heavy atom. The lowest BCUT2D eigenvalue weighted by molar-refractivity contribution is -0.117. The van der Waals surface area contributed by atoms with E-state index in [0.717, 1.165) is 6.42 Å². The molecule has 0 fully saturated rings. The Labute approximate surface area is 123 Å². The summed E-state index contributed by atoms with van der Waals surface area (Å²) in [5, 5.41) is 14.4. The van der Waals surface area contributed by atoms with Gasteiger partial charge in [0.2, 0.25) is 5.91 Å². The summed E-state index contributed by atoms with van der Waals surface area (Å²) in [5.41, 5.74) is 0. The van der Waals surface area contributed by atoms with Crippen LogP contribution >= 0.6 is 11.8 Å². The molecule has 0 aliphatic rings. The van der Waals surface area contributed by atoms with E-state index in [1.54, 1.807) is 24.3 Å². The number of phenolic OH excluding ortho intramolecular Hbond substituents is 1. The van der Waals surface area contributed by atoms with Gasteiger partial charge in [-0.3, -0.25) is 10.1 Å². The number of aromatic hydroxyl groups is 1. The van der Waals surface area contributed by atoms with Gasteiger partial charge in [0.25, 0.3) is 0 Å². The second-order valence-electron chi connectivity index (χ2n) is 4.74. The summed E-state index contributed by atoms with van der Waals surface area (Å²) in [4.78, 5) is 23.6. The van der Waals surface area contributed by atoms with E-state index in [1.807, 2.05) is 0 Å². The fourth-order valence-electron chi connectivity index (χ4n) is 1.40. The number of amides is 3. The molecule has 1 rings (SSSR count). The van der Waals surface area contributed by atoms with E-state index in [0.29, 0.717) is 17.4 Å². The maximum Gasteiger partial charge on any atom is 0.321 e. The number of carbonyl (C=O) groups is 2. The normalized spacial score (nSPS) is 10.3. The van der Waals surface area contributed by atoms with Gasteiger partial charge in [-0.05, 0) is 24.5 Å². The summed E-state index contributed by atoms with van der Waals surface area (Å²) < 4.78 is 0. The molecule has 3 amide bonds. The van der Waals surface area contributed by atoms with Gasteiger partial charge in [-0.25, -0.2) is 4.79 Å². The average Bonchev–Trinajstić information content (AvgIpc) is 2.37. The van der Waals surface area contributed by atoms with Crippen molar-refractivity contribution in [1.29, 1.82) is 0 Å². The highest BCUT2D eigenvalue weighted by atomic mass is 32.2. The number of carbonyl (C=O) groups excluding carboxylic acids is 2. The molecule has 1 aromatic carbocycles. The second-order valence-corrected chi connectivity index (χ2v) is 5.76. The summed E-state index contributed by atoms with van der Waals surface area (Å²) in [5.74, 6) is 0.324. The van der Waals surface area contributed by atoms with Crippen molar-refractivity contribution in [3.8, 4) is 5.75 Å². The molecule has 5 nitrogen and oxygen atoms in total. The van der Waals surface area contributed by atoms with Crippen LogP contribution in [0.5, 0.6) is 5.75 Å². The molecule has 0 saturated carbocycles. The van der Waals surface area contributed by atoms with Crippen molar-refractivity contribution in [2.45, 2.75) is 25.2 Å². The van der Waals surface area contributed by atoms with E-state index in [9.17, 15) is 14.7 Å². The van der Waals surface area contributed by atoms with Gasteiger partial charge in [-0.1, -0.05) is 26.0 Å². The molecular weight excluding hydrogens is 276 g/mol. The zero-order valence-electron chi connectivity index (χ0n) is 11.7. The molecule has 0 aliphatic carbocycles. The van der Waals surface area contributed by atoms with E-state index in [4.69, 9.17) is 0 Å². The van der Waals surface area contributed by atoms with Crippen molar-refractivity contribution < 1.29 is 14.7 Å². The van der Waals surface area contributed by atoms with E-state index >= 15 is 0 Å². The van der Waals surface area contributed by atoms with Crippen LogP contribution in [0.15, 0.2) is 29.2 Å². The molecular formula is C14H20N2O3S. The zero-order valence-corrected chi connectivity index (χ0v) is 12.5. The third kappa shape index (κ3) is 6.47. The number of benzene rings is 1. The molecule has 0 atom stereocenters. The molecule has 110 valence electrons. The van der Waals surface area contributed by atoms with Crippen LogP contribution in [0.3, 0.4) is 0 Å². The lowest BCUT2D eigenvalue weighted by atomic mass is 10.1. The van der Waals surface area contributed by atoms with Gasteiger partial charge in [0.15, 0.2) is 0 Å². The van der Waals surface area contributed by atoms with Crippen molar-refractivity contribution in [1.82, 2.24) is 10.6 Å². The number of phenols is 1. The van der Waals surface area contributed by atoms with Gasteiger partial charge in [0.05, 0.1) is 5.75 Å². The minimum Gasteiger partial charge on any atom is -0.507 e. The number of hydrogen-bond acceptors (Lipinski definition) is 4. The topological polar surface area (TPSA) is 78.4 Å². The molecule has 6 heteroatoms. The minimum atomic E-state index is -0.478. The van der Waals surface area contributed by atoms with Crippen molar-refractivity contribution in [3.05, 3.63) is 24.3 Å². The standard InChI is InChI=1S/C14H20N2O3S/c1-10(2)7-8-15-14(19)16-13(18)9-20-12-6-4-3-5-11(12)17/h3-6,10,17H,7-9H2,1-2H3,(H2,15,16,18,19). The van der Waals surface area contributed by atoms with E-state index in [2.05, 4.69) is 24.5 Å². The van der Waals surface area contributed by atoms with E-state index in [-0.39, 0.29) is 17.4 Å². The summed E-state index contributed by atoms with van der Waals surface area (Å²) in [7, 11) is 0. The van der Waals surface area contributed by atoms with Gasteiger partial charge in [0, 0.05) is 11.4 Å². The number of urea groups is 1. The average molecular weight is 296 g/mol. The first-order valence-electron chi connectivity index (χ1n) is 6.47. The lowest BCUT2D eigenvalue weighted by Gasteiger charge is -2.08. The van der Waals surface area contributed by atoms with Crippen molar-refractivity contribution in [3.63, 3.8) is 0 Å². The Bertz CT molecular complexity index is 463. The van der Waals surface area contributed by atoms with Crippen LogP contribution in [-0.2, 0) is 4.79 Å². The molecule has 0 unspecified atom stereocenters. The molecule has 0 bridgehead atoms. The smallest absolute Gasteiger partial charge is 0.321 e. The number of thioether (sulfide) groups is 1. The number of imide groups is 1. The summed E-state index contributed by atoms with van der Waals surface area (Å²) >= 11 is 1.18. The Kier molecular flexibility index (Phi) is 6.93. The van der Waals surface area contributed by atoms with Crippen LogP contribution in [0.25, 0.3) is 0 Å². The van der Waals surface area contributed by atoms with Gasteiger partial charge >= 0.3 is 6.03 Å². The van der Waals surface area contributed by atoms with Gasteiger partial charge < -0.3 is 10.4 Å². The highest BCUT2D eigenvalue weighted by Gasteiger charge is 2.09. The number of para-hydroxylation sites is 1. The zero-order chi connectivity index (χ0) is 15.0. The van der Waals surface area contributed by atoms with Crippen molar-refractivity contribution in [2.24, 2.45) is 5.92 Å². The predicted molar refractivity (Wildman–Crippen MR) is 79.8 cm³/mol. The predicted octanol–water partition coefficient (Wildman–Crippen LogP) is 2.36. The monoisotopic (exact) mass is 296 g/mol. The Morgan fingerprint density at radius 1 is 1.30 bits per heavy atom. The number of nitrogens with one attached hydrogen (secondary N) is 2. The van der Waals surface area contributed by atoms with Gasteiger partial charge in [0.1, 0.15) is 5.75 Å². The first-order valence-corrected chi connectivity index (χ1v) is 7.46. The van der Waals surface area contributed by atoms with Crippen molar-refractivity contribution in [2.75, 3.05) is 12.3 Å². The van der Waals surface area contributed by atoms with Gasteiger partial charge in [-0.15, -0.1) is 11.8 Å². The minimum absolute atomic E-state index is 0.0785. The van der Waals surface area contributed by atoms with Crippen LogP contribution in [0.2, 0.25) is 0 Å². The summed E-state index contributed by atoms with van der Waals surface area (Å²) in [6.07, 6.45) is 0.869. The number of rotatable bonds is 6. The van der Waals surface area contributed by atoms with Crippen LogP contribution in [-0.4, -0.2) is 29.3 Å². The number of hydrogen-bond donors (Lipinski definition) is 3.